The molecule has 0 unspecified atom stereocenters. The minimum absolute atomic E-state index is 0.165. The molecule has 110 valence electrons. The van der Waals surface area contributed by atoms with Gasteiger partial charge in [0.05, 0.1) is 6.54 Å². The van der Waals surface area contributed by atoms with E-state index in [1.54, 1.807) is 7.05 Å². The standard InChI is InChI=1S/C16H16F2N2O/c1-20(11-12-6-3-2-4-7-12)15(21)10-19-16-13(17)8-5-9-14(16)18/h2-9,19H,10-11H2,1H3. The summed E-state index contributed by atoms with van der Waals surface area (Å²) in [5.74, 6) is -1.68. The molecule has 2 aromatic carbocycles. The van der Waals surface area contributed by atoms with Gasteiger partial charge in [0.2, 0.25) is 5.91 Å². The molecule has 21 heavy (non-hydrogen) atoms. The number of rotatable bonds is 5. The summed E-state index contributed by atoms with van der Waals surface area (Å²) >= 11 is 0. The van der Waals surface area contributed by atoms with E-state index in [1.165, 1.54) is 11.0 Å². The summed E-state index contributed by atoms with van der Waals surface area (Å²) in [5, 5.41) is 2.51. The van der Waals surface area contributed by atoms with Crippen LogP contribution in [0.1, 0.15) is 5.56 Å². The van der Waals surface area contributed by atoms with Crippen molar-refractivity contribution < 1.29 is 13.6 Å². The van der Waals surface area contributed by atoms with Gasteiger partial charge in [-0.1, -0.05) is 36.4 Å². The van der Waals surface area contributed by atoms with Crippen molar-refractivity contribution in [1.29, 1.82) is 0 Å². The van der Waals surface area contributed by atoms with Gasteiger partial charge in [0.15, 0.2) is 0 Å². The van der Waals surface area contributed by atoms with E-state index in [0.29, 0.717) is 6.54 Å². The first-order chi connectivity index (χ1) is 10.1. The van der Waals surface area contributed by atoms with Crippen molar-refractivity contribution in [2.75, 3.05) is 18.9 Å². The molecule has 0 radical (unpaired) electrons. The van der Waals surface area contributed by atoms with Crippen LogP contribution in [0, 0.1) is 11.6 Å². The summed E-state index contributed by atoms with van der Waals surface area (Å²) in [6.45, 7) is 0.280. The SMILES string of the molecule is CN(Cc1ccccc1)C(=O)CNc1c(F)cccc1F. The number of para-hydroxylation sites is 1. The Kier molecular flexibility index (Phi) is 4.87. The topological polar surface area (TPSA) is 32.3 Å². The van der Waals surface area contributed by atoms with E-state index in [9.17, 15) is 13.6 Å². The van der Waals surface area contributed by atoms with Crippen molar-refractivity contribution >= 4 is 11.6 Å². The van der Waals surface area contributed by atoms with Gasteiger partial charge in [0, 0.05) is 13.6 Å². The predicted octanol–water partition coefficient (Wildman–Crippen LogP) is 3.04. The maximum atomic E-state index is 13.4. The first kappa shape index (κ1) is 15.0. The number of carbonyl (C=O) groups is 1. The van der Waals surface area contributed by atoms with Crippen molar-refractivity contribution in [1.82, 2.24) is 4.90 Å². The number of anilines is 1. The highest BCUT2D eigenvalue weighted by Gasteiger charge is 2.12. The van der Waals surface area contributed by atoms with Gasteiger partial charge < -0.3 is 10.2 Å². The average molecular weight is 290 g/mol. The molecule has 2 rings (SSSR count). The fourth-order valence-corrected chi connectivity index (χ4v) is 1.91. The van der Waals surface area contributed by atoms with Crippen LogP contribution in [0.25, 0.3) is 0 Å². The number of nitrogens with one attached hydrogen (secondary N) is 1. The summed E-state index contributed by atoms with van der Waals surface area (Å²) in [6.07, 6.45) is 0. The zero-order chi connectivity index (χ0) is 15.2. The molecule has 0 atom stereocenters. The second kappa shape index (κ2) is 6.83. The molecular weight excluding hydrogens is 274 g/mol. The van der Waals surface area contributed by atoms with E-state index in [1.807, 2.05) is 30.3 Å². The van der Waals surface area contributed by atoms with E-state index in [2.05, 4.69) is 5.32 Å². The van der Waals surface area contributed by atoms with Crippen molar-refractivity contribution in [3.63, 3.8) is 0 Å². The molecule has 0 bridgehead atoms. The molecular formula is C16H16F2N2O. The van der Waals surface area contributed by atoms with Gasteiger partial charge in [-0.15, -0.1) is 0 Å². The first-order valence-electron chi connectivity index (χ1n) is 6.53. The molecule has 0 aliphatic rings. The Morgan fingerprint density at radius 3 is 2.29 bits per heavy atom. The molecule has 0 aliphatic carbocycles. The van der Waals surface area contributed by atoms with E-state index >= 15 is 0 Å². The number of hydrogen-bond donors (Lipinski definition) is 1. The highest BCUT2D eigenvalue weighted by atomic mass is 19.1. The number of halogens is 2. The summed E-state index contributed by atoms with van der Waals surface area (Å²) in [5.41, 5.74) is 0.712. The molecule has 0 aliphatic heterocycles. The van der Waals surface area contributed by atoms with E-state index in [4.69, 9.17) is 0 Å². The maximum Gasteiger partial charge on any atom is 0.241 e. The van der Waals surface area contributed by atoms with Crippen molar-refractivity contribution in [2.24, 2.45) is 0 Å². The lowest BCUT2D eigenvalue weighted by molar-refractivity contribution is -0.128. The highest BCUT2D eigenvalue weighted by molar-refractivity contribution is 5.80. The minimum atomic E-state index is -0.714. The number of likely N-dealkylation sites (N-methyl/N-ethyl adjacent to an activating group) is 1. The van der Waals surface area contributed by atoms with Crippen LogP contribution in [0.15, 0.2) is 48.5 Å². The van der Waals surface area contributed by atoms with Crippen LogP contribution in [-0.4, -0.2) is 24.4 Å². The zero-order valence-electron chi connectivity index (χ0n) is 11.6. The Morgan fingerprint density at radius 1 is 1.05 bits per heavy atom. The third-order valence-corrected chi connectivity index (χ3v) is 3.07. The predicted molar refractivity (Wildman–Crippen MR) is 77.8 cm³/mol. The van der Waals surface area contributed by atoms with Crippen LogP contribution in [-0.2, 0) is 11.3 Å². The molecule has 1 N–H and O–H groups in total. The molecule has 0 fully saturated rings. The summed E-state index contributed by atoms with van der Waals surface area (Å²) in [7, 11) is 1.65. The normalized spacial score (nSPS) is 10.2. The molecule has 0 spiro atoms. The van der Waals surface area contributed by atoms with Gasteiger partial charge in [-0.3, -0.25) is 4.79 Å². The number of hydrogen-bond acceptors (Lipinski definition) is 2. The Balaban J connectivity index is 1.92. The van der Waals surface area contributed by atoms with Gasteiger partial charge in [0.1, 0.15) is 17.3 Å². The van der Waals surface area contributed by atoms with Crippen LogP contribution in [0.5, 0.6) is 0 Å². The molecule has 0 aromatic heterocycles. The molecule has 5 heteroatoms. The van der Waals surface area contributed by atoms with Crippen LogP contribution >= 0.6 is 0 Å². The van der Waals surface area contributed by atoms with Gasteiger partial charge in [-0.25, -0.2) is 8.78 Å². The first-order valence-corrected chi connectivity index (χ1v) is 6.53. The second-order valence-corrected chi connectivity index (χ2v) is 4.69. The van der Waals surface area contributed by atoms with Gasteiger partial charge in [-0.2, -0.15) is 0 Å². The summed E-state index contributed by atoms with van der Waals surface area (Å²) < 4.78 is 26.8. The van der Waals surface area contributed by atoms with Gasteiger partial charge in [-0.05, 0) is 17.7 Å². The lowest BCUT2D eigenvalue weighted by atomic mass is 10.2. The van der Waals surface area contributed by atoms with E-state index in [-0.39, 0.29) is 18.1 Å². The average Bonchev–Trinajstić information content (AvgIpc) is 2.47. The molecule has 0 saturated heterocycles. The Bertz CT molecular complexity index is 597. The highest BCUT2D eigenvalue weighted by Crippen LogP contribution is 2.17. The molecule has 3 nitrogen and oxygen atoms in total. The minimum Gasteiger partial charge on any atom is -0.371 e. The largest absolute Gasteiger partial charge is 0.371 e. The number of amides is 1. The summed E-state index contributed by atoms with van der Waals surface area (Å²) in [6, 6.07) is 13.1. The molecule has 2 aromatic rings. The third kappa shape index (κ3) is 4.02. The quantitative estimate of drug-likeness (QED) is 0.918. The van der Waals surface area contributed by atoms with Crippen molar-refractivity contribution in [2.45, 2.75) is 6.54 Å². The maximum absolute atomic E-state index is 13.4. The van der Waals surface area contributed by atoms with E-state index in [0.717, 1.165) is 17.7 Å². The molecule has 0 saturated carbocycles. The Labute approximate surface area is 122 Å². The molecule has 1 amide bonds. The zero-order valence-corrected chi connectivity index (χ0v) is 11.6. The third-order valence-electron chi connectivity index (χ3n) is 3.07. The van der Waals surface area contributed by atoms with E-state index < -0.39 is 11.6 Å². The fraction of sp³-hybridized carbons (Fsp3) is 0.188. The van der Waals surface area contributed by atoms with Crippen LogP contribution in [0.2, 0.25) is 0 Å². The van der Waals surface area contributed by atoms with Crippen LogP contribution in [0.4, 0.5) is 14.5 Å². The fourth-order valence-electron chi connectivity index (χ4n) is 1.91. The van der Waals surface area contributed by atoms with Gasteiger partial charge in [0.25, 0.3) is 0 Å². The summed E-state index contributed by atoms with van der Waals surface area (Å²) in [4.78, 5) is 13.5. The number of benzene rings is 2. The second-order valence-electron chi connectivity index (χ2n) is 4.69. The lowest BCUT2D eigenvalue weighted by Crippen LogP contribution is -2.32. The Hall–Kier alpha value is -2.43. The van der Waals surface area contributed by atoms with Crippen molar-refractivity contribution in [3.05, 3.63) is 65.7 Å². The number of carbonyl (C=O) groups excluding carboxylic acids is 1. The van der Waals surface area contributed by atoms with Crippen LogP contribution in [0.3, 0.4) is 0 Å². The lowest BCUT2D eigenvalue weighted by Gasteiger charge is -2.18. The monoisotopic (exact) mass is 290 g/mol. The van der Waals surface area contributed by atoms with Gasteiger partial charge >= 0.3 is 0 Å². The molecule has 0 heterocycles. The Morgan fingerprint density at radius 2 is 1.67 bits per heavy atom. The van der Waals surface area contributed by atoms with Crippen molar-refractivity contribution in [3.8, 4) is 0 Å². The smallest absolute Gasteiger partial charge is 0.241 e. The number of nitrogens with zero attached hydrogens (tertiary/aromatic N) is 1. The van der Waals surface area contributed by atoms with Crippen LogP contribution < -0.4 is 5.32 Å².